The van der Waals surface area contributed by atoms with Gasteiger partial charge in [-0.2, -0.15) is 0 Å². The van der Waals surface area contributed by atoms with Crippen LogP contribution in [0.2, 0.25) is 0 Å². The SMILES string of the molecule is COc1ccc(C(=O)NC2(C(N)=S)CCCCCC2)cc1. The fourth-order valence-electron chi connectivity index (χ4n) is 2.80. The number of ether oxygens (including phenoxy) is 1. The minimum absolute atomic E-state index is 0.132. The van der Waals surface area contributed by atoms with Crippen LogP contribution in [-0.4, -0.2) is 23.5 Å². The van der Waals surface area contributed by atoms with Gasteiger partial charge in [0.25, 0.3) is 5.91 Å². The van der Waals surface area contributed by atoms with Gasteiger partial charge in [-0.25, -0.2) is 0 Å². The van der Waals surface area contributed by atoms with Crippen LogP contribution in [-0.2, 0) is 0 Å². The maximum absolute atomic E-state index is 12.5. The van der Waals surface area contributed by atoms with Crippen molar-refractivity contribution in [1.82, 2.24) is 5.32 Å². The Kier molecular flexibility index (Phi) is 5.17. The van der Waals surface area contributed by atoms with Gasteiger partial charge < -0.3 is 15.8 Å². The molecule has 0 atom stereocenters. The summed E-state index contributed by atoms with van der Waals surface area (Å²) in [6, 6.07) is 7.04. The molecule has 2 rings (SSSR count). The number of amides is 1. The molecule has 114 valence electrons. The van der Waals surface area contributed by atoms with E-state index >= 15 is 0 Å². The molecule has 0 heterocycles. The summed E-state index contributed by atoms with van der Waals surface area (Å²) in [6.45, 7) is 0. The van der Waals surface area contributed by atoms with Gasteiger partial charge in [-0.3, -0.25) is 4.79 Å². The molecule has 1 fully saturated rings. The van der Waals surface area contributed by atoms with Crippen molar-refractivity contribution in [3.05, 3.63) is 29.8 Å². The molecular weight excluding hydrogens is 284 g/mol. The monoisotopic (exact) mass is 306 g/mol. The van der Waals surface area contributed by atoms with Crippen LogP contribution in [0.3, 0.4) is 0 Å². The van der Waals surface area contributed by atoms with E-state index in [1.165, 1.54) is 12.8 Å². The van der Waals surface area contributed by atoms with Crippen molar-refractivity contribution in [1.29, 1.82) is 0 Å². The minimum Gasteiger partial charge on any atom is -0.497 e. The van der Waals surface area contributed by atoms with Gasteiger partial charge in [0.1, 0.15) is 5.75 Å². The van der Waals surface area contributed by atoms with Crippen LogP contribution in [0.5, 0.6) is 5.75 Å². The van der Waals surface area contributed by atoms with Crippen LogP contribution in [0.15, 0.2) is 24.3 Å². The Bertz CT molecular complexity index is 506. The number of carbonyl (C=O) groups is 1. The van der Waals surface area contributed by atoms with Crippen molar-refractivity contribution >= 4 is 23.1 Å². The molecule has 5 heteroatoms. The first kappa shape index (κ1) is 15.8. The highest BCUT2D eigenvalue weighted by Gasteiger charge is 2.35. The molecule has 0 unspecified atom stereocenters. The lowest BCUT2D eigenvalue weighted by atomic mass is 9.89. The fraction of sp³-hybridized carbons (Fsp3) is 0.500. The second kappa shape index (κ2) is 6.89. The van der Waals surface area contributed by atoms with Crippen molar-refractivity contribution in [2.75, 3.05) is 7.11 Å². The zero-order valence-electron chi connectivity index (χ0n) is 12.4. The lowest BCUT2D eigenvalue weighted by Gasteiger charge is -2.33. The van der Waals surface area contributed by atoms with Crippen LogP contribution >= 0.6 is 12.2 Å². The zero-order valence-corrected chi connectivity index (χ0v) is 13.2. The number of methoxy groups -OCH3 is 1. The molecule has 4 nitrogen and oxygen atoms in total. The third-order valence-electron chi connectivity index (χ3n) is 4.13. The topological polar surface area (TPSA) is 64.3 Å². The number of rotatable bonds is 4. The molecule has 0 bridgehead atoms. The van der Waals surface area contributed by atoms with Gasteiger partial charge in [0.15, 0.2) is 0 Å². The van der Waals surface area contributed by atoms with Crippen LogP contribution in [0, 0.1) is 0 Å². The predicted octanol–water partition coefficient (Wildman–Crippen LogP) is 2.80. The second-order valence-corrected chi connectivity index (χ2v) is 5.98. The average molecular weight is 306 g/mol. The molecule has 1 aromatic carbocycles. The molecule has 1 amide bonds. The number of benzene rings is 1. The van der Waals surface area contributed by atoms with Crippen LogP contribution < -0.4 is 15.8 Å². The van der Waals surface area contributed by atoms with Gasteiger partial charge in [-0.1, -0.05) is 37.9 Å². The molecule has 1 aliphatic rings. The van der Waals surface area contributed by atoms with E-state index in [0.717, 1.165) is 31.4 Å². The Morgan fingerprint density at radius 3 is 2.24 bits per heavy atom. The normalized spacial score (nSPS) is 17.6. The lowest BCUT2D eigenvalue weighted by Crippen LogP contribution is -2.56. The van der Waals surface area contributed by atoms with E-state index in [4.69, 9.17) is 22.7 Å². The highest BCUT2D eigenvalue weighted by atomic mass is 32.1. The molecule has 1 aromatic rings. The van der Waals surface area contributed by atoms with E-state index in [1.54, 1.807) is 31.4 Å². The summed E-state index contributed by atoms with van der Waals surface area (Å²) < 4.78 is 5.10. The van der Waals surface area contributed by atoms with Crippen molar-refractivity contribution in [3.8, 4) is 5.75 Å². The summed E-state index contributed by atoms with van der Waals surface area (Å²) in [5.74, 6) is 0.595. The highest BCUT2D eigenvalue weighted by Crippen LogP contribution is 2.28. The fourth-order valence-corrected chi connectivity index (χ4v) is 3.05. The summed E-state index contributed by atoms with van der Waals surface area (Å²) in [6.07, 6.45) is 6.07. The van der Waals surface area contributed by atoms with Crippen molar-refractivity contribution < 1.29 is 9.53 Å². The summed E-state index contributed by atoms with van der Waals surface area (Å²) in [5.41, 5.74) is 5.99. The number of hydrogen-bond donors (Lipinski definition) is 2. The first-order valence-electron chi connectivity index (χ1n) is 7.34. The van der Waals surface area contributed by atoms with Gasteiger partial charge in [0.2, 0.25) is 0 Å². The maximum Gasteiger partial charge on any atom is 0.252 e. The third-order valence-corrected chi connectivity index (χ3v) is 4.52. The molecule has 0 aromatic heterocycles. The van der Waals surface area contributed by atoms with Gasteiger partial charge >= 0.3 is 0 Å². The van der Waals surface area contributed by atoms with Crippen LogP contribution in [0.1, 0.15) is 48.9 Å². The van der Waals surface area contributed by atoms with E-state index < -0.39 is 5.54 Å². The van der Waals surface area contributed by atoms with Gasteiger partial charge in [0.05, 0.1) is 17.6 Å². The van der Waals surface area contributed by atoms with Crippen LogP contribution in [0.25, 0.3) is 0 Å². The summed E-state index contributed by atoms with van der Waals surface area (Å²) >= 11 is 5.24. The number of hydrogen-bond acceptors (Lipinski definition) is 3. The van der Waals surface area contributed by atoms with E-state index in [9.17, 15) is 4.79 Å². The van der Waals surface area contributed by atoms with E-state index in [1.807, 2.05) is 0 Å². The molecular formula is C16H22N2O2S. The Labute approximate surface area is 131 Å². The standard InChI is InChI=1S/C16H22N2O2S/c1-20-13-8-6-12(7-9-13)14(19)18-16(15(17)21)10-4-2-3-5-11-16/h6-9H,2-5,10-11H2,1H3,(H2,17,21)(H,18,19). The second-order valence-electron chi connectivity index (χ2n) is 5.54. The third kappa shape index (κ3) is 3.73. The van der Waals surface area contributed by atoms with E-state index in [-0.39, 0.29) is 5.91 Å². The number of carbonyl (C=O) groups excluding carboxylic acids is 1. The summed E-state index contributed by atoms with van der Waals surface area (Å²) in [7, 11) is 1.60. The highest BCUT2D eigenvalue weighted by molar-refractivity contribution is 7.80. The zero-order chi connectivity index (χ0) is 15.3. The smallest absolute Gasteiger partial charge is 0.252 e. The first-order valence-corrected chi connectivity index (χ1v) is 7.75. The molecule has 0 spiro atoms. The van der Waals surface area contributed by atoms with Gasteiger partial charge in [-0.15, -0.1) is 0 Å². The minimum atomic E-state index is -0.539. The number of thiocarbonyl (C=S) groups is 1. The molecule has 0 saturated heterocycles. The number of nitrogens with two attached hydrogens (primary N) is 1. The van der Waals surface area contributed by atoms with Crippen LogP contribution in [0.4, 0.5) is 0 Å². The summed E-state index contributed by atoms with van der Waals surface area (Å²) in [4.78, 5) is 12.9. The van der Waals surface area contributed by atoms with Gasteiger partial charge in [0, 0.05) is 5.56 Å². The molecule has 0 aliphatic heterocycles. The Balaban J connectivity index is 2.15. The predicted molar refractivity (Wildman–Crippen MR) is 87.7 cm³/mol. The van der Waals surface area contributed by atoms with Crippen molar-refractivity contribution in [2.24, 2.45) is 5.73 Å². The molecule has 21 heavy (non-hydrogen) atoms. The average Bonchev–Trinajstić information content (AvgIpc) is 2.74. The Morgan fingerprint density at radius 1 is 1.19 bits per heavy atom. The quantitative estimate of drug-likeness (QED) is 0.663. The Hall–Kier alpha value is -1.62. The maximum atomic E-state index is 12.5. The number of nitrogens with one attached hydrogen (secondary N) is 1. The molecule has 1 aliphatic carbocycles. The summed E-state index contributed by atoms with van der Waals surface area (Å²) in [5, 5.41) is 3.08. The van der Waals surface area contributed by atoms with Crippen molar-refractivity contribution in [2.45, 2.75) is 44.1 Å². The molecule has 1 saturated carbocycles. The van der Waals surface area contributed by atoms with E-state index in [2.05, 4.69) is 5.32 Å². The van der Waals surface area contributed by atoms with E-state index in [0.29, 0.717) is 10.6 Å². The lowest BCUT2D eigenvalue weighted by molar-refractivity contribution is 0.0917. The van der Waals surface area contributed by atoms with Crippen molar-refractivity contribution in [3.63, 3.8) is 0 Å². The first-order chi connectivity index (χ1) is 10.1. The Morgan fingerprint density at radius 2 is 1.76 bits per heavy atom. The molecule has 3 N–H and O–H groups in total. The largest absolute Gasteiger partial charge is 0.497 e. The van der Waals surface area contributed by atoms with Gasteiger partial charge in [-0.05, 0) is 37.1 Å². The molecule has 0 radical (unpaired) electrons.